The van der Waals surface area contributed by atoms with Crippen LogP contribution in [0.1, 0.15) is 49.6 Å². The van der Waals surface area contributed by atoms with E-state index < -0.39 is 17.9 Å². The van der Waals surface area contributed by atoms with E-state index in [-0.39, 0.29) is 38.0 Å². The van der Waals surface area contributed by atoms with E-state index in [4.69, 9.17) is 9.47 Å². The van der Waals surface area contributed by atoms with Crippen molar-refractivity contribution in [2.75, 3.05) is 19.8 Å². The first-order chi connectivity index (χ1) is 12.1. The summed E-state index contributed by atoms with van der Waals surface area (Å²) in [4.78, 5) is 37.5. The number of fused-ring (bicyclic) bond motifs is 1. The van der Waals surface area contributed by atoms with Crippen LogP contribution >= 0.6 is 11.3 Å². The topological polar surface area (TPSA) is 81.7 Å². The first-order valence-corrected chi connectivity index (χ1v) is 9.59. The molecule has 1 aliphatic rings. The molecule has 0 spiro atoms. The van der Waals surface area contributed by atoms with Crippen molar-refractivity contribution in [2.45, 2.75) is 45.6 Å². The smallest absolute Gasteiger partial charge is 0.320 e. The van der Waals surface area contributed by atoms with Crippen molar-refractivity contribution in [3.05, 3.63) is 21.9 Å². The molecule has 7 heteroatoms. The zero-order valence-electron chi connectivity index (χ0n) is 14.7. The van der Waals surface area contributed by atoms with Gasteiger partial charge in [0, 0.05) is 17.3 Å². The third-order valence-corrected chi connectivity index (χ3v) is 5.17. The number of aryl methyl sites for hydroxylation is 1. The third-order valence-electron chi connectivity index (χ3n) is 4.17. The number of Topliss-reactive ketones (excluding diaryl/α,β-unsaturated/α-hetero) is 1. The average Bonchev–Trinajstić information content (AvgIpc) is 3.07. The molecule has 0 aromatic carbocycles. The lowest BCUT2D eigenvalue weighted by atomic mass is 9.93. The van der Waals surface area contributed by atoms with Crippen LogP contribution < -0.4 is 5.32 Å². The molecule has 0 aliphatic heterocycles. The molecule has 1 heterocycles. The molecular formula is C18H25NO5S. The fourth-order valence-corrected chi connectivity index (χ4v) is 3.97. The molecule has 0 bridgehead atoms. The molecule has 0 fully saturated rings. The lowest BCUT2D eigenvalue weighted by Gasteiger charge is -2.23. The van der Waals surface area contributed by atoms with Gasteiger partial charge in [-0.05, 0) is 50.1 Å². The molecule has 1 N–H and O–H groups in total. The Balaban J connectivity index is 1.91. The summed E-state index contributed by atoms with van der Waals surface area (Å²) in [6, 6.07) is 2.25. The number of rotatable bonds is 9. The van der Waals surface area contributed by atoms with Crippen molar-refractivity contribution in [2.24, 2.45) is 5.92 Å². The fourth-order valence-electron chi connectivity index (χ4n) is 2.98. The van der Waals surface area contributed by atoms with Crippen LogP contribution in [-0.2, 0) is 30.3 Å². The van der Waals surface area contributed by atoms with Gasteiger partial charge in [0.2, 0.25) is 0 Å². The monoisotopic (exact) mass is 367 g/mol. The Morgan fingerprint density at radius 3 is 2.56 bits per heavy atom. The average molecular weight is 367 g/mol. The number of hydrogen-bond donors (Lipinski definition) is 1. The van der Waals surface area contributed by atoms with Crippen LogP contribution in [-0.4, -0.2) is 37.5 Å². The summed E-state index contributed by atoms with van der Waals surface area (Å²) in [6.07, 6.45) is 2.96. The van der Waals surface area contributed by atoms with Gasteiger partial charge in [0.15, 0.2) is 5.92 Å². The highest BCUT2D eigenvalue weighted by Gasteiger charge is 2.32. The molecular weight excluding hydrogens is 342 g/mol. The summed E-state index contributed by atoms with van der Waals surface area (Å²) in [5.74, 6) is -2.79. The number of carbonyl (C=O) groups is 3. The van der Waals surface area contributed by atoms with E-state index in [0.717, 1.165) is 19.3 Å². The van der Waals surface area contributed by atoms with Crippen molar-refractivity contribution in [1.29, 1.82) is 0 Å². The van der Waals surface area contributed by atoms with Gasteiger partial charge in [0.05, 0.1) is 19.8 Å². The van der Waals surface area contributed by atoms with E-state index >= 15 is 0 Å². The summed E-state index contributed by atoms with van der Waals surface area (Å²) in [7, 11) is 0. The highest BCUT2D eigenvalue weighted by Crippen LogP contribution is 2.33. The van der Waals surface area contributed by atoms with E-state index in [0.29, 0.717) is 0 Å². The molecule has 6 nitrogen and oxygen atoms in total. The Morgan fingerprint density at radius 1 is 1.24 bits per heavy atom. The van der Waals surface area contributed by atoms with Crippen molar-refractivity contribution < 1.29 is 23.9 Å². The van der Waals surface area contributed by atoms with Gasteiger partial charge in [-0.25, -0.2) is 0 Å². The Morgan fingerprint density at radius 2 is 1.92 bits per heavy atom. The van der Waals surface area contributed by atoms with Gasteiger partial charge in [-0.3, -0.25) is 14.4 Å². The van der Waals surface area contributed by atoms with Gasteiger partial charge in [-0.15, -0.1) is 11.3 Å². The van der Waals surface area contributed by atoms with Crippen LogP contribution in [0.5, 0.6) is 0 Å². The van der Waals surface area contributed by atoms with E-state index in [1.165, 1.54) is 10.4 Å². The first-order valence-electron chi connectivity index (χ1n) is 8.71. The van der Waals surface area contributed by atoms with Crippen LogP contribution in [0.3, 0.4) is 0 Å². The number of thiophene rings is 1. The van der Waals surface area contributed by atoms with Crippen molar-refractivity contribution in [3.63, 3.8) is 0 Å². The standard InChI is InChI=1S/C18H25NO5S/c1-3-23-17(21)14(18(22)24-4-2)10-12(20)11-19-15-6-5-7-16-13(15)8-9-25-16/h8-9,14-15,19H,3-7,10-11H2,1-2H3/t15-/m0/s1. The zero-order valence-corrected chi connectivity index (χ0v) is 15.5. The molecule has 138 valence electrons. The number of ketones is 1. The SMILES string of the molecule is CCOC(=O)C(CC(=O)CN[C@H]1CCCc2sccc21)C(=O)OCC. The highest BCUT2D eigenvalue weighted by atomic mass is 32.1. The van der Waals surface area contributed by atoms with Crippen molar-refractivity contribution in [1.82, 2.24) is 5.32 Å². The third kappa shape index (κ3) is 5.37. The van der Waals surface area contributed by atoms with E-state index in [2.05, 4.69) is 16.8 Å². The Hall–Kier alpha value is -1.73. The molecule has 1 aliphatic carbocycles. The lowest BCUT2D eigenvalue weighted by molar-refractivity contribution is -0.163. The van der Waals surface area contributed by atoms with Crippen LogP contribution in [0.25, 0.3) is 0 Å². The predicted octanol–water partition coefficient (Wildman–Crippen LogP) is 2.42. The van der Waals surface area contributed by atoms with E-state index in [9.17, 15) is 14.4 Å². The second kappa shape index (κ2) is 9.68. The maximum atomic E-state index is 12.3. The molecule has 0 saturated heterocycles. The number of hydrogen-bond acceptors (Lipinski definition) is 7. The number of carbonyl (C=O) groups excluding carboxylic acids is 3. The maximum absolute atomic E-state index is 12.3. The lowest BCUT2D eigenvalue weighted by Crippen LogP contribution is -2.34. The maximum Gasteiger partial charge on any atom is 0.320 e. The predicted molar refractivity (Wildman–Crippen MR) is 94.4 cm³/mol. The van der Waals surface area contributed by atoms with Gasteiger partial charge in [0.1, 0.15) is 5.78 Å². The minimum absolute atomic E-state index is 0.120. The van der Waals surface area contributed by atoms with E-state index in [1.807, 2.05) is 0 Å². The van der Waals surface area contributed by atoms with Crippen LogP contribution in [0, 0.1) is 5.92 Å². The number of esters is 2. The molecule has 1 atom stereocenters. The van der Waals surface area contributed by atoms with Crippen LogP contribution in [0.2, 0.25) is 0 Å². The molecule has 2 rings (SSSR count). The summed E-state index contributed by atoms with van der Waals surface area (Å²) < 4.78 is 9.78. The Labute approximate surface area is 151 Å². The molecule has 1 aromatic heterocycles. The van der Waals surface area contributed by atoms with Gasteiger partial charge in [0.25, 0.3) is 0 Å². The summed E-state index contributed by atoms with van der Waals surface area (Å²) in [6.45, 7) is 3.75. The fraction of sp³-hybridized carbons (Fsp3) is 0.611. The van der Waals surface area contributed by atoms with Gasteiger partial charge in [-0.1, -0.05) is 0 Å². The molecule has 0 unspecified atom stereocenters. The number of ether oxygens (including phenoxy) is 2. The zero-order chi connectivity index (χ0) is 18.2. The van der Waals surface area contributed by atoms with Gasteiger partial charge < -0.3 is 14.8 Å². The summed E-state index contributed by atoms with van der Waals surface area (Å²) >= 11 is 1.75. The van der Waals surface area contributed by atoms with Crippen molar-refractivity contribution >= 4 is 29.1 Å². The summed E-state index contributed by atoms with van der Waals surface area (Å²) in [5, 5.41) is 5.34. The number of nitrogens with one attached hydrogen (secondary N) is 1. The largest absolute Gasteiger partial charge is 0.465 e. The second-order valence-electron chi connectivity index (χ2n) is 5.92. The van der Waals surface area contributed by atoms with E-state index in [1.54, 1.807) is 25.2 Å². The highest BCUT2D eigenvalue weighted by molar-refractivity contribution is 7.10. The normalized spacial score (nSPS) is 16.4. The molecule has 0 amide bonds. The molecule has 1 aromatic rings. The quantitative estimate of drug-likeness (QED) is 0.533. The van der Waals surface area contributed by atoms with Gasteiger partial charge in [-0.2, -0.15) is 0 Å². The van der Waals surface area contributed by atoms with Crippen LogP contribution in [0.4, 0.5) is 0 Å². The Bertz CT molecular complexity index is 594. The molecule has 0 saturated carbocycles. The summed E-state index contributed by atoms with van der Waals surface area (Å²) in [5.41, 5.74) is 1.26. The minimum atomic E-state index is -1.18. The molecule has 25 heavy (non-hydrogen) atoms. The van der Waals surface area contributed by atoms with Crippen LogP contribution in [0.15, 0.2) is 11.4 Å². The first kappa shape index (κ1) is 19.6. The minimum Gasteiger partial charge on any atom is -0.465 e. The second-order valence-corrected chi connectivity index (χ2v) is 6.92. The van der Waals surface area contributed by atoms with Crippen molar-refractivity contribution in [3.8, 4) is 0 Å². The van der Waals surface area contributed by atoms with Gasteiger partial charge >= 0.3 is 11.9 Å². The molecule has 0 radical (unpaired) electrons. The Kier molecular flexibility index (Phi) is 7.58.